The molecule has 2 N–H and O–H groups in total. The second kappa shape index (κ2) is 10.7. The van der Waals surface area contributed by atoms with E-state index in [9.17, 15) is 18.8 Å². The number of carbonyl (C=O) groups excluding carboxylic acids is 2. The third kappa shape index (κ3) is 5.32. The number of fused-ring (bicyclic) bond motifs is 1. The number of pyridine rings is 1. The van der Waals surface area contributed by atoms with E-state index < -0.39 is 12.1 Å². The minimum Gasteiger partial charge on any atom is -0.343 e. The first-order valence-corrected chi connectivity index (χ1v) is 12.6. The molecule has 1 aromatic heterocycles. The summed E-state index contributed by atoms with van der Waals surface area (Å²) in [5, 5.41) is 5.98. The Morgan fingerprint density at radius 1 is 1.14 bits per heavy atom. The highest BCUT2D eigenvalue weighted by atomic mass is 19.1. The summed E-state index contributed by atoms with van der Waals surface area (Å²) in [6.07, 6.45) is 6.02. The largest absolute Gasteiger partial charge is 0.343 e. The molecule has 35 heavy (non-hydrogen) atoms. The van der Waals surface area contributed by atoms with Crippen molar-refractivity contribution >= 4 is 17.5 Å². The van der Waals surface area contributed by atoms with E-state index in [1.54, 1.807) is 42.6 Å². The molecule has 2 heterocycles. The smallest absolute Gasteiger partial charge is 0.254 e. The van der Waals surface area contributed by atoms with E-state index in [4.69, 9.17) is 0 Å². The first-order valence-electron chi connectivity index (χ1n) is 12.6. The number of hydrogen-bond acceptors (Lipinski definition) is 4. The topological polar surface area (TPSA) is 83.4 Å². The van der Waals surface area contributed by atoms with Crippen LogP contribution >= 0.6 is 0 Å². The fourth-order valence-corrected chi connectivity index (χ4v) is 5.29. The number of rotatable bonds is 7. The number of nitrogens with zero attached hydrogens (tertiary/aromatic N) is 2. The lowest BCUT2D eigenvalue weighted by molar-refractivity contribution is -0.130. The van der Waals surface area contributed by atoms with E-state index in [1.165, 1.54) is 12.1 Å². The van der Waals surface area contributed by atoms with E-state index in [0.29, 0.717) is 24.9 Å². The van der Waals surface area contributed by atoms with Crippen molar-refractivity contribution in [2.24, 2.45) is 13.0 Å². The predicted octanol–water partition coefficient (Wildman–Crippen LogP) is 2.68. The van der Waals surface area contributed by atoms with E-state index in [1.807, 2.05) is 6.07 Å². The number of nitrogens with one attached hydrogen (secondary N) is 2. The number of amides is 2. The van der Waals surface area contributed by atoms with E-state index in [0.717, 1.165) is 49.0 Å². The first kappa shape index (κ1) is 25.1. The molecule has 2 amide bonds. The molecule has 1 fully saturated rings. The zero-order chi connectivity index (χ0) is 25.1. The quantitative estimate of drug-likeness (QED) is 0.636. The number of benzene rings is 1. The number of hydrogen-bond donors (Lipinski definition) is 2. The van der Waals surface area contributed by atoms with Crippen LogP contribution in [0.5, 0.6) is 0 Å². The number of halogens is 1. The Kier molecular flexibility index (Phi) is 7.69. The van der Waals surface area contributed by atoms with E-state index in [2.05, 4.69) is 10.6 Å². The SMILES string of the molecule is CN[C@@H](C)C(=O)N[C@H](C(=O)N1CCc2c1cc(Cc1ccc(F)cc1)c(=O)n2C)C1CCCCC1. The Labute approximate surface area is 205 Å². The van der Waals surface area contributed by atoms with Crippen molar-refractivity contribution < 1.29 is 14.0 Å². The van der Waals surface area contributed by atoms with Gasteiger partial charge in [0, 0.05) is 37.7 Å². The molecule has 1 aromatic carbocycles. The number of carbonyl (C=O) groups is 2. The Hall–Kier alpha value is -3.00. The minimum atomic E-state index is -0.595. The van der Waals surface area contributed by atoms with Crippen LogP contribution in [0.3, 0.4) is 0 Å². The van der Waals surface area contributed by atoms with Gasteiger partial charge in [0.25, 0.3) is 5.56 Å². The van der Waals surface area contributed by atoms with Gasteiger partial charge in [-0.15, -0.1) is 0 Å². The van der Waals surface area contributed by atoms with Crippen LogP contribution in [-0.2, 0) is 29.5 Å². The molecule has 2 aliphatic rings. The van der Waals surface area contributed by atoms with Crippen LogP contribution in [0.4, 0.5) is 10.1 Å². The van der Waals surface area contributed by atoms with E-state index in [-0.39, 0.29) is 29.1 Å². The average Bonchev–Trinajstić information content (AvgIpc) is 3.30. The van der Waals surface area contributed by atoms with Crippen molar-refractivity contribution in [3.05, 3.63) is 63.3 Å². The van der Waals surface area contributed by atoms with Crippen LogP contribution in [-0.4, -0.2) is 42.1 Å². The summed E-state index contributed by atoms with van der Waals surface area (Å²) in [5.74, 6) is -0.526. The predicted molar refractivity (Wildman–Crippen MR) is 134 cm³/mol. The van der Waals surface area contributed by atoms with Crippen molar-refractivity contribution in [2.45, 2.75) is 64.0 Å². The lowest BCUT2D eigenvalue weighted by Gasteiger charge is -2.33. The highest BCUT2D eigenvalue weighted by Crippen LogP contribution is 2.32. The van der Waals surface area contributed by atoms with Crippen LogP contribution in [0.2, 0.25) is 0 Å². The van der Waals surface area contributed by atoms with Crippen LogP contribution in [0, 0.1) is 11.7 Å². The molecule has 188 valence electrons. The zero-order valence-corrected chi connectivity index (χ0v) is 20.8. The lowest BCUT2D eigenvalue weighted by Crippen LogP contribution is -2.55. The molecule has 0 bridgehead atoms. The summed E-state index contributed by atoms with van der Waals surface area (Å²) in [7, 11) is 3.46. The maximum Gasteiger partial charge on any atom is 0.254 e. The summed E-state index contributed by atoms with van der Waals surface area (Å²) in [6, 6.07) is 6.91. The molecule has 0 radical (unpaired) electrons. The number of anilines is 1. The van der Waals surface area contributed by atoms with Crippen LogP contribution in [0.15, 0.2) is 35.1 Å². The molecule has 2 aromatic rings. The van der Waals surface area contributed by atoms with E-state index >= 15 is 0 Å². The molecule has 0 saturated heterocycles. The standard InChI is InChI=1S/C27H35FN4O3/c1-17(29-2)25(33)30-24(19-7-5-4-6-8-19)27(35)32-14-13-22-23(32)16-20(26(34)31(22)3)15-18-9-11-21(28)12-10-18/h9-12,16-17,19,24,29H,4-8,13-15H2,1-3H3,(H,30,33)/t17-,24-/m0/s1. The highest BCUT2D eigenvalue weighted by molar-refractivity contribution is 6.01. The van der Waals surface area contributed by atoms with Gasteiger partial charge in [0.15, 0.2) is 0 Å². The van der Waals surface area contributed by atoms with Gasteiger partial charge in [0.2, 0.25) is 11.8 Å². The Bertz CT molecular complexity index is 1140. The van der Waals surface area contributed by atoms with Gasteiger partial charge in [-0.05, 0) is 56.5 Å². The van der Waals surface area contributed by atoms with Gasteiger partial charge in [-0.2, -0.15) is 0 Å². The van der Waals surface area contributed by atoms with Gasteiger partial charge in [-0.25, -0.2) is 4.39 Å². The second-order valence-electron chi connectivity index (χ2n) is 9.80. The summed E-state index contributed by atoms with van der Waals surface area (Å²) in [5.41, 5.74) is 2.82. The van der Waals surface area contributed by atoms with Crippen molar-refractivity contribution in [3.8, 4) is 0 Å². The normalized spacial score (nSPS) is 17.7. The second-order valence-corrected chi connectivity index (χ2v) is 9.80. The lowest BCUT2D eigenvalue weighted by atomic mass is 9.83. The summed E-state index contributed by atoms with van der Waals surface area (Å²) in [6.45, 7) is 2.25. The number of likely N-dealkylation sites (N-methyl/N-ethyl adjacent to an activating group) is 1. The van der Waals surface area contributed by atoms with Gasteiger partial charge >= 0.3 is 0 Å². The molecule has 1 aliphatic carbocycles. The van der Waals surface area contributed by atoms with Crippen LogP contribution in [0.1, 0.15) is 55.8 Å². The van der Waals surface area contributed by atoms with Crippen LogP contribution < -0.4 is 21.1 Å². The molecular formula is C27H35FN4O3. The molecule has 8 heteroatoms. The summed E-state index contributed by atoms with van der Waals surface area (Å²) < 4.78 is 15.0. The highest BCUT2D eigenvalue weighted by Gasteiger charge is 2.38. The third-order valence-electron chi connectivity index (χ3n) is 7.54. The monoisotopic (exact) mass is 482 g/mol. The molecular weight excluding hydrogens is 447 g/mol. The first-order chi connectivity index (χ1) is 16.8. The van der Waals surface area contributed by atoms with Crippen molar-refractivity contribution in [2.75, 3.05) is 18.5 Å². The average molecular weight is 483 g/mol. The molecule has 0 unspecified atom stereocenters. The maximum atomic E-state index is 13.9. The van der Waals surface area contributed by atoms with Crippen molar-refractivity contribution in [1.82, 2.24) is 15.2 Å². The van der Waals surface area contributed by atoms with Crippen LogP contribution in [0.25, 0.3) is 0 Å². The summed E-state index contributed by atoms with van der Waals surface area (Å²) >= 11 is 0. The van der Waals surface area contributed by atoms with Crippen molar-refractivity contribution in [1.29, 1.82) is 0 Å². The zero-order valence-electron chi connectivity index (χ0n) is 20.8. The molecule has 1 saturated carbocycles. The van der Waals surface area contributed by atoms with Crippen molar-refractivity contribution in [3.63, 3.8) is 0 Å². The molecule has 1 aliphatic heterocycles. The fraction of sp³-hybridized carbons (Fsp3) is 0.519. The van der Waals surface area contributed by atoms with Gasteiger partial charge < -0.3 is 20.1 Å². The van der Waals surface area contributed by atoms with Gasteiger partial charge in [0.1, 0.15) is 11.9 Å². The molecule has 4 rings (SSSR count). The maximum absolute atomic E-state index is 13.9. The Morgan fingerprint density at radius 2 is 1.83 bits per heavy atom. The Balaban J connectivity index is 1.65. The number of aromatic nitrogens is 1. The van der Waals surface area contributed by atoms with Gasteiger partial charge in [0.05, 0.1) is 11.7 Å². The summed E-state index contributed by atoms with van der Waals surface area (Å²) in [4.78, 5) is 41.4. The molecule has 0 spiro atoms. The Morgan fingerprint density at radius 3 is 2.49 bits per heavy atom. The molecule has 2 atom stereocenters. The minimum absolute atomic E-state index is 0.0968. The van der Waals surface area contributed by atoms with Gasteiger partial charge in [-0.3, -0.25) is 14.4 Å². The van der Waals surface area contributed by atoms with Gasteiger partial charge in [-0.1, -0.05) is 31.4 Å². The third-order valence-corrected chi connectivity index (χ3v) is 7.54. The molecule has 7 nitrogen and oxygen atoms in total. The fourth-order valence-electron chi connectivity index (χ4n) is 5.29.